The lowest BCUT2D eigenvalue weighted by molar-refractivity contribution is -0.274. The molecule has 0 radical (unpaired) electrons. The second kappa shape index (κ2) is 11.8. The normalized spacial score (nSPS) is 16.5. The van der Waals surface area contributed by atoms with E-state index in [4.69, 9.17) is 26.2 Å². The van der Waals surface area contributed by atoms with Gasteiger partial charge < -0.3 is 29.5 Å². The number of carbonyl (C=O) groups excluding carboxylic acids is 1. The van der Waals surface area contributed by atoms with Gasteiger partial charge in [-0.15, -0.1) is 13.2 Å². The quantitative estimate of drug-likeness (QED) is 0.277. The number of methoxy groups -OCH3 is 1. The SMILES string of the molecule is COc1cc(N[C@H](C(=O)N2CCc3ccc(OC(F)(F)F)cc32)c2ccc(Cl)cc2)cc(OC[C@@H]2C=C(C(=O)O)C2)c1. The number of ether oxygens (including phenoxy) is 3. The number of amides is 1. The summed E-state index contributed by atoms with van der Waals surface area (Å²) in [5.74, 6) is -0.898. The van der Waals surface area contributed by atoms with Crippen LogP contribution in [0.4, 0.5) is 24.5 Å². The van der Waals surface area contributed by atoms with E-state index < -0.39 is 30.0 Å². The molecule has 0 fully saturated rings. The summed E-state index contributed by atoms with van der Waals surface area (Å²) in [7, 11) is 1.49. The number of rotatable bonds is 10. The van der Waals surface area contributed by atoms with Crippen LogP contribution in [0.1, 0.15) is 23.6 Å². The molecule has 42 heavy (non-hydrogen) atoms. The monoisotopic (exact) mass is 602 g/mol. The number of benzene rings is 3. The molecular formula is C30H26ClF3N2O6. The van der Waals surface area contributed by atoms with E-state index in [0.717, 1.165) is 5.56 Å². The Kier molecular flexibility index (Phi) is 8.22. The van der Waals surface area contributed by atoms with E-state index in [9.17, 15) is 22.8 Å². The summed E-state index contributed by atoms with van der Waals surface area (Å²) in [5, 5.41) is 12.8. The maximum absolute atomic E-state index is 14.0. The Morgan fingerprint density at radius 2 is 1.79 bits per heavy atom. The first-order valence-corrected chi connectivity index (χ1v) is 13.3. The van der Waals surface area contributed by atoms with Gasteiger partial charge in [0.2, 0.25) is 0 Å². The number of hydrogen-bond acceptors (Lipinski definition) is 6. The van der Waals surface area contributed by atoms with Crippen LogP contribution < -0.4 is 24.4 Å². The largest absolute Gasteiger partial charge is 0.573 e. The summed E-state index contributed by atoms with van der Waals surface area (Å²) >= 11 is 6.09. The highest BCUT2D eigenvalue weighted by molar-refractivity contribution is 6.30. The van der Waals surface area contributed by atoms with Crippen molar-refractivity contribution in [3.63, 3.8) is 0 Å². The van der Waals surface area contributed by atoms with Crippen LogP contribution in [0.2, 0.25) is 5.02 Å². The maximum Gasteiger partial charge on any atom is 0.573 e. The van der Waals surface area contributed by atoms with Crippen molar-refractivity contribution in [3.05, 3.63) is 88.5 Å². The Hall–Kier alpha value is -4.38. The van der Waals surface area contributed by atoms with Crippen molar-refractivity contribution >= 4 is 34.9 Å². The van der Waals surface area contributed by atoms with Crippen LogP contribution in [0, 0.1) is 5.92 Å². The van der Waals surface area contributed by atoms with Gasteiger partial charge in [0.05, 0.1) is 19.4 Å². The van der Waals surface area contributed by atoms with Crippen LogP contribution in [-0.4, -0.2) is 43.6 Å². The van der Waals surface area contributed by atoms with Crippen molar-refractivity contribution in [2.75, 3.05) is 30.5 Å². The molecule has 3 aromatic rings. The third kappa shape index (κ3) is 6.73. The zero-order valence-electron chi connectivity index (χ0n) is 22.3. The molecule has 1 heterocycles. The summed E-state index contributed by atoms with van der Waals surface area (Å²) in [6.45, 7) is 0.533. The standard InChI is InChI=1S/C30H26ClF3N2O6/c1-40-24-12-22(13-25(14-24)41-16-17-10-20(11-17)29(38)39)35-27(19-2-5-21(31)6-3-19)28(37)36-9-8-18-4-7-23(15-26(18)36)42-30(32,33)34/h2-7,10,12-15,17,27,35H,8-9,11,16H2,1H3,(H,38,39)/t17-,27+/m1/s1. The van der Waals surface area contributed by atoms with Crippen LogP contribution in [0.25, 0.3) is 0 Å². The zero-order valence-corrected chi connectivity index (χ0v) is 23.0. The molecule has 2 atom stereocenters. The summed E-state index contributed by atoms with van der Waals surface area (Å²) in [6, 6.07) is 14.7. The first kappa shape index (κ1) is 29.1. The average Bonchev–Trinajstić information content (AvgIpc) is 3.33. The molecule has 1 aliphatic heterocycles. The van der Waals surface area contributed by atoms with E-state index in [-0.39, 0.29) is 19.1 Å². The van der Waals surface area contributed by atoms with E-state index in [2.05, 4.69) is 10.1 Å². The summed E-state index contributed by atoms with van der Waals surface area (Å²) in [6.07, 6.45) is -2.34. The van der Waals surface area contributed by atoms with Crippen molar-refractivity contribution in [2.45, 2.75) is 25.2 Å². The topological polar surface area (TPSA) is 97.3 Å². The van der Waals surface area contributed by atoms with Crippen LogP contribution in [0.5, 0.6) is 17.2 Å². The lowest BCUT2D eigenvalue weighted by Crippen LogP contribution is -2.37. The molecular weight excluding hydrogens is 577 g/mol. The van der Waals surface area contributed by atoms with Gasteiger partial charge in [-0.1, -0.05) is 35.9 Å². The van der Waals surface area contributed by atoms with Crippen molar-refractivity contribution < 1.29 is 42.1 Å². The Morgan fingerprint density at radius 1 is 1.07 bits per heavy atom. The lowest BCUT2D eigenvalue weighted by Gasteiger charge is -2.27. The smallest absolute Gasteiger partial charge is 0.497 e. The summed E-state index contributed by atoms with van der Waals surface area (Å²) in [5.41, 5.74) is 2.47. The number of halogens is 4. The van der Waals surface area contributed by atoms with Crippen LogP contribution in [-0.2, 0) is 16.0 Å². The number of carboxylic acids is 1. The number of fused-ring (bicyclic) bond motifs is 1. The molecule has 12 heteroatoms. The number of aliphatic carboxylic acids is 1. The van der Waals surface area contributed by atoms with Crippen molar-refractivity contribution in [2.24, 2.45) is 5.92 Å². The average molecular weight is 603 g/mol. The number of nitrogens with one attached hydrogen (secondary N) is 1. The molecule has 2 N–H and O–H groups in total. The maximum atomic E-state index is 14.0. The highest BCUT2D eigenvalue weighted by Crippen LogP contribution is 2.37. The minimum absolute atomic E-state index is 0.0384. The fourth-order valence-corrected chi connectivity index (χ4v) is 5.04. The molecule has 1 aliphatic carbocycles. The minimum atomic E-state index is -4.87. The van der Waals surface area contributed by atoms with E-state index in [0.29, 0.717) is 51.9 Å². The number of carbonyl (C=O) groups is 2. The summed E-state index contributed by atoms with van der Waals surface area (Å²) < 4.78 is 54.0. The summed E-state index contributed by atoms with van der Waals surface area (Å²) in [4.78, 5) is 26.5. The van der Waals surface area contributed by atoms with Gasteiger partial charge in [-0.25, -0.2) is 4.79 Å². The second-order valence-corrected chi connectivity index (χ2v) is 10.3. The van der Waals surface area contributed by atoms with Gasteiger partial charge in [0.1, 0.15) is 23.3 Å². The third-order valence-electron chi connectivity index (χ3n) is 6.99. The first-order chi connectivity index (χ1) is 20.0. The van der Waals surface area contributed by atoms with Gasteiger partial charge >= 0.3 is 12.3 Å². The molecule has 0 spiro atoms. The molecule has 1 amide bonds. The number of nitrogens with zero attached hydrogens (tertiary/aromatic N) is 1. The van der Waals surface area contributed by atoms with Gasteiger partial charge in [-0.05, 0) is 42.2 Å². The molecule has 0 unspecified atom stereocenters. The Morgan fingerprint density at radius 3 is 2.45 bits per heavy atom. The number of hydrogen-bond donors (Lipinski definition) is 2. The van der Waals surface area contributed by atoms with E-state index in [1.54, 1.807) is 48.5 Å². The molecule has 8 nitrogen and oxygen atoms in total. The van der Waals surface area contributed by atoms with Gasteiger partial charge in [0.15, 0.2) is 0 Å². The van der Waals surface area contributed by atoms with Gasteiger partial charge in [0.25, 0.3) is 5.91 Å². The predicted molar refractivity (Wildman–Crippen MR) is 149 cm³/mol. The minimum Gasteiger partial charge on any atom is -0.497 e. The third-order valence-corrected chi connectivity index (χ3v) is 7.24. The second-order valence-electron chi connectivity index (χ2n) is 9.88. The van der Waals surface area contributed by atoms with E-state index in [1.807, 2.05) is 0 Å². The Bertz CT molecular complexity index is 1530. The zero-order chi connectivity index (χ0) is 30.0. The van der Waals surface area contributed by atoms with E-state index >= 15 is 0 Å². The molecule has 220 valence electrons. The predicted octanol–water partition coefficient (Wildman–Crippen LogP) is 6.40. The molecule has 0 saturated carbocycles. The molecule has 3 aromatic carbocycles. The number of anilines is 2. The first-order valence-electron chi connectivity index (χ1n) is 13.0. The van der Waals surface area contributed by atoms with E-state index in [1.165, 1.54) is 30.2 Å². The van der Waals surface area contributed by atoms with Gasteiger partial charge in [-0.3, -0.25) is 4.79 Å². The number of alkyl halides is 3. The van der Waals surface area contributed by atoms with Crippen LogP contribution in [0.15, 0.2) is 72.3 Å². The van der Waals surface area contributed by atoms with Crippen molar-refractivity contribution in [3.8, 4) is 17.2 Å². The molecule has 5 rings (SSSR count). The molecule has 0 bridgehead atoms. The highest BCUT2D eigenvalue weighted by atomic mass is 35.5. The Labute approximate surface area is 244 Å². The van der Waals surface area contributed by atoms with Crippen LogP contribution >= 0.6 is 11.6 Å². The van der Waals surface area contributed by atoms with Crippen molar-refractivity contribution in [1.82, 2.24) is 0 Å². The fraction of sp³-hybridized carbons (Fsp3) is 0.267. The van der Waals surface area contributed by atoms with Gasteiger partial charge in [-0.2, -0.15) is 0 Å². The molecule has 0 aromatic heterocycles. The van der Waals surface area contributed by atoms with Gasteiger partial charge in [0, 0.05) is 53.0 Å². The number of carboxylic acid groups (broad SMARTS) is 1. The highest BCUT2D eigenvalue weighted by Gasteiger charge is 2.35. The van der Waals surface area contributed by atoms with Crippen molar-refractivity contribution in [1.29, 1.82) is 0 Å². The lowest BCUT2D eigenvalue weighted by atomic mass is 9.87. The Balaban J connectivity index is 1.41. The van der Waals surface area contributed by atoms with Crippen LogP contribution in [0.3, 0.4) is 0 Å². The molecule has 2 aliphatic rings. The fourth-order valence-electron chi connectivity index (χ4n) is 4.91. The molecule has 0 saturated heterocycles.